The van der Waals surface area contributed by atoms with Gasteiger partial charge >= 0.3 is 0 Å². The molecule has 0 saturated carbocycles. The highest BCUT2D eigenvalue weighted by Gasteiger charge is 2.24. The smallest absolute Gasteiger partial charge is 0.0436 e. The first kappa shape index (κ1) is 11.7. The maximum absolute atomic E-state index is 9.21. The predicted molar refractivity (Wildman–Crippen MR) is 65.5 cm³/mol. The van der Waals surface area contributed by atoms with E-state index in [4.69, 9.17) is 0 Å². The third kappa shape index (κ3) is 2.66. The lowest BCUT2D eigenvalue weighted by Crippen LogP contribution is -2.31. The quantitative estimate of drug-likeness (QED) is 0.810. The minimum absolute atomic E-state index is 0.295. The number of hydrogen-bond donors (Lipinski definition) is 2. The molecule has 2 N–H and O–H groups in total. The number of aryl methyl sites for hydroxylation is 1. The van der Waals surface area contributed by atoms with E-state index < -0.39 is 0 Å². The molecule has 1 saturated heterocycles. The van der Waals surface area contributed by atoms with Gasteiger partial charge < -0.3 is 15.0 Å². The molecule has 1 aromatic heterocycles. The summed E-state index contributed by atoms with van der Waals surface area (Å²) in [7, 11) is 2.06. The number of piperidine rings is 1. The van der Waals surface area contributed by atoms with Crippen LogP contribution in [0.5, 0.6) is 0 Å². The zero-order valence-electron chi connectivity index (χ0n) is 10.0. The van der Waals surface area contributed by atoms with Gasteiger partial charge in [-0.15, -0.1) is 0 Å². The lowest BCUT2D eigenvalue weighted by Gasteiger charge is -2.30. The molecule has 0 spiro atoms. The van der Waals surface area contributed by atoms with Crippen LogP contribution >= 0.6 is 0 Å². The van der Waals surface area contributed by atoms with Crippen LogP contribution in [-0.4, -0.2) is 29.4 Å². The van der Waals surface area contributed by atoms with Crippen molar-refractivity contribution >= 4 is 0 Å². The summed E-state index contributed by atoms with van der Waals surface area (Å²) in [6.45, 7) is 2.54. The van der Waals surface area contributed by atoms with Crippen LogP contribution in [0.25, 0.3) is 0 Å². The highest BCUT2D eigenvalue weighted by Crippen LogP contribution is 2.33. The predicted octanol–water partition coefficient (Wildman–Crippen LogP) is 1.49. The minimum Gasteiger partial charge on any atom is -0.396 e. The van der Waals surface area contributed by atoms with Crippen LogP contribution in [0.2, 0.25) is 0 Å². The van der Waals surface area contributed by atoms with Crippen molar-refractivity contribution < 1.29 is 5.11 Å². The van der Waals surface area contributed by atoms with E-state index in [1.54, 1.807) is 0 Å². The fourth-order valence-electron chi connectivity index (χ4n) is 2.80. The Hall–Kier alpha value is -0.800. The molecule has 1 aliphatic heterocycles. The number of nitrogens with zero attached hydrogens (tertiary/aromatic N) is 1. The van der Waals surface area contributed by atoms with Crippen LogP contribution in [0.15, 0.2) is 18.5 Å². The molecule has 1 fully saturated rings. The normalized spacial score (nSPS) is 19.9. The van der Waals surface area contributed by atoms with Crippen molar-refractivity contribution in [1.82, 2.24) is 9.88 Å². The molecule has 1 atom stereocenters. The average Bonchev–Trinajstić information content (AvgIpc) is 2.74. The average molecular weight is 222 g/mol. The SMILES string of the molecule is Cn1ccc(C(CCO)C2CCNCC2)c1. The number of aliphatic hydroxyl groups is 1. The van der Waals surface area contributed by atoms with Crippen LogP contribution in [-0.2, 0) is 7.05 Å². The van der Waals surface area contributed by atoms with E-state index in [1.165, 1.54) is 18.4 Å². The summed E-state index contributed by atoms with van der Waals surface area (Å²) < 4.78 is 2.10. The van der Waals surface area contributed by atoms with Gasteiger partial charge in [-0.05, 0) is 55.8 Å². The standard InChI is InChI=1S/C13H22N2O/c1-15-8-4-12(10-15)13(5-9-16)11-2-6-14-7-3-11/h4,8,10-11,13-14,16H,2-3,5-7,9H2,1H3. The van der Waals surface area contributed by atoms with Crippen LogP contribution in [0.1, 0.15) is 30.7 Å². The van der Waals surface area contributed by atoms with E-state index in [-0.39, 0.29) is 0 Å². The number of aromatic nitrogens is 1. The lowest BCUT2D eigenvalue weighted by molar-refractivity contribution is 0.233. The van der Waals surface area contributed by atoms with Crippen molar-refractivity contribution in [2.45, 2.75) is 25.2 Å². The highest BCUT2D eigenvalue weighted by molar-refractivity contribution is 5.17. The number of hydrogen-bond acceptors (Lipinski definition) is 2. The van der Waals surface area contributed by atoms with Gasteiger partial charge in [0, 0.05) is 26.0 Å². The Bertz CT molecular complexity index is 315. The molecule has 3 heteroatoms. The molecule has 2 heterocycles. The molecule has 16 heavy (non-hydrogen) atoms. The summed E-state index contributed by atoms with van der Waals surface area (Å²) in [6, 6.07) is 2.20. The number of aliphatic hydroxyl groups excluding tert-OH is 1. The van der Waals surface area contributed by atoms with E-state index in [0.29, 0.717) is 12.5 Å². The first-order valence-electron chi connectivity index (χ1n) is 6.24. The van der Waals surface area contributed by atoms with Gasteiger partial charge in [0.25, 0.3) is 0 Å². The Morgan fingerprint density at radius 1 is 1.50 bits per heavy atom. The summed E-state index contributed by atoms with van der Waals surface area (Å²) >= 11 is 0. The minimum atomic E-state index is 0.295. The first-order chi connectivity index (χ1) is 7.81. The number of nitrogens with one attached hydrogen (secondary N) is 1. The molecule has 2 rings (SSSR count). The van der Waals surface area contributed by atoms with E-state index in [2.05, 4.69) is 35.4 Å². The summed E-state index contributed by atoms with van der Waals surface area (Å²) in [5.74, 6) is 1.27. The molecule has 0 aromatic carbocycles. The Balaban J connectivity index is 2.09. The molecule has 0 bridgehead atoms. The largest absolute Gasteiger partial charge is 0.396 e. The fourth-order valence-corrected chi connectivity index (χ4v) is 2.80. The van der Waals surface area contributed by atoms with Crippen molar-refractivity contribution in [3.8, 4) is 0 Å². The van der Waals surface area contributed by atoms with Gasteiger partial charge in [-0.25, -0.2) is 0 Å². The van der Waals surface area contributed by atoms with Crippen LogP contribution in [0.4, 0.5) is 0 Å². The van der Waals surface area contributed by atoms with Gasteiger partial charge in [0.2, 0.25) is 0 Å². The third-order valence-corrected chi connectivity index (χ3v) is 3.68. The molecule has 1 aromatic rings. The Labute approximate surface area is 97.5 Å². The van der Waals surface area contributed by atoms with E-state index >= 15 is 0 Å². The molecular weight excluding hydrogens is 200 g/mol. The Morgan fingerprint density at radius 2 is 2.25 bits per heavy atom. The molecule has 0 aliphatic carbocycles. The maximum Gasteiger partial charge on any atom is 0.0436 e. The highest BCUT2D eigenvalue weighted by atomic mass is 16.3. The van der Waals surface area contributed by atoms with Crippen LogP contribution in [0.3, 0.4) is 0 Å². The van der Waals surface area contributed by atoms with E-state index in [0.717, 1.165) is 25.4 Å². The Morgan fingerprint density at radius 3 is 2.81 bits per heavy atom. The molecule has 1 unspecified atom stereocenters. The van der Waals surface area contributed by atoms with Crippen molar-refractivity contribution in [3.63, 3.8) is 0 Å². The zero-order chi connectivity index (χ0) is 11.4. The van der Waals surface area contributed by atoms with Gasteiger partial charge in [-0.1, -0.05) is 0 Å². The van der Waals surface area contributed by atoms with E-state index in [1.807, 2.05) is 0 Å². The summed E-state index contributed by atoms with van der Waals surface area (Å²) in [5.41, 5.74) is 1.39. The summed E-state index contributed by atoms with van der Waals surface area (Å²) in [4.78, 5) is 0. The van der Waals surface area contributed by atoms with Crippen molar-refractivity contribution in [3.05, 3.63) is 24.0 Å². The molecular formula is C13H22N2O. The number of rotatable bonds is 4. The molecule has 3 nitrogen and oxygen atoms in total. The monoisotopic (exact) mass is 222 g/mol. The second kappa shape index (κ2) is 5.51. The molecule has 90 valence electrons. The van der Waals surface area contributed by atoms with Gasteiger partial charge in [0.05, 0.1) is 0 Å². The second-order valence-corrected chi connectivity index (χ2v) is 4.82. The molecule has 1 aliphatic rings. The third-order valence-electron chi connectivity index (χ3n) is 3.68. The van der Waals surface area contributed by atoms with Crippen LogP contribution in [0, 0.1) is 5.92 Å². The second-order valence-electron chi connectivity index (χ2n) is 4.82. The van der Waals surface area contributed by atoms with Crippen molar-refractivity contribution in [2.24, 2.45) is 13.0 Å². The maximum atomic E-state index is 9.21. The topological polar surface area (TPSA) is 37.2 Å². The first-order valence-corrected chi connectivity index (χ1v) is 6.24. The van der Waals surface area contributed by atoms with Crippen molar-refractivity contribution in [1.29, 1.82) is 0 Å². The Kier molecular flexibility index (Phi) is 4.02. The molecule has 0 radical (unpaired) electrons. The van der Waals surface area contributed by atoms with Gasteiger partial charge in [-0.2, -0.15) is 0 Å². The lowest BCUT2D eigenvalue weighted by atomic mass is 9.79. The van der Waals surface area contributed by atoms with Gasteiger partial charge in [0.1, 0.15) is 0 Å². The van der Waals surface area contributed by atoms with Gasteiger partial charge in [0.15, 0.2) is 0 Å². The van der Waals surface area contributed by atoms with E-state index in [9.17, 15) is 5.11 Å². The fraction of sp³-hybridized carbons (Fsp3) is 0.692. The van der Waals surface area contributed by atoms with Gasteiger partial charge in [-0.3, -0.25) is 0 Å². The van der Waals surface area contributed by atoms with Crippen molar-refractivity contribution in [2.75, 3.05) is 19.7 Å². The summed E-state index contributed by atoms with van der Waals surface area (Å²) in [5, 5.41) is 12.6. The molecule has 0 amide bonds. The summed E-state index contributed by atoms with van der Waals surface area (Å²) in [6.07, 6.45) is 7.66. The van der Waals surface area contributed by atoms with Crippen LogP contribution < -0.4 is 5.32 Å². The zero-order valence-corrected chi connectivity index (χ0v) is 10.0.